The van der Waals surface area contributed by atoms with Crippen molar-refractivity contribution in [2.75, 3.05) is 12.8 Å². The fraction of sp³-hybridized carbons (Fsp3) is 0.185. The van der Waals surface area contributed by atoms with Crippen molar-refractivity contribution in [3.8, 4) is 0 Å². The highest BCUT2D eigenvalue weighted by Gasteiger charge is 2.31. The van der Waals surface area contributed by atoms with Gasteiger partial charge in [0.2, 0.25) is 0 Å². The molecule has 0 fully saturated rings. The SMILES string of the molecule is CSc1ccc(C2=NN(C(=S)NCCc3ccccc3)C(c3ccc4nccnc4c3)C2)cc1. The quantitative estimate of drug-likeness (QED) is 0.284. The summed E-state index contributed by atoms with van der Waals surface area (Å²) in [5, 5.41) is 11.0. The lowest BCUT2D eigenvalue weighted by Crippen LogP contribution is -2.37. The van der Waals surface area contributed by atoms with E-state index in [9.17, 15) is 0 Å². The van der Waals surface area contributed by atoms with E-state index in [1.165, 1.54) is 10.5 Å². The van der Waals surface area contributed by atoms with Crippen molar-refractivity contribution in [3.05, 3.63) is 102 Å². The molecule has 1 aromatic heterocycles. The molecule has 1 aliphatic heterocycles. The van der Waals surface area contributed by atoms with Crippen LogP contribution in [-0.2, 0) is 6.42 Å². The van der Waals surface area contributed by atoms with Crippen LogP contribution >= 0.6 is 24.0 Å². The lowest BCUT2D eigenvalue weighted by molar-refractivity contribution is 0.364. The third-order valence-electron chi connectivity index (χ3n) is 5.95. The summed E-state index contributed by atoms with van der Waals surface area (Å²) in [6, 6.07) is 25.2. The number of thiocarbonyl (C=S) groups is 1. The molecule has 3 aromatic carbocycles. The Hall–Kier alpha value is -3.29. The Labute approximate surface area is 209 Å². The molecule has 0 amide bonds. The van der Waals surface area contributed by atoms with Gasteiger partial charge in [-0.2, -0.15) is 5.10 Å². The van der Waals surface area contributed by atoms with Crippen molar-refractivity contribution in [1.82, 2.24) is 20.3 Å². The second kappa shape index (κ2) is 10.3. The number of rotatable bonds is 6. The van der Waals surface area contributed by atoms with Crippen molar-refractivity contribution < 1.29 is 0 Å². The average molecular weight is 484 g/mol. The number of thioether (sulfide) groups is 1. The maximum Gasteiger partial charge on any atom is 0.190 e. The van der Waals surface area contributed by atoms with Crippen LogP contribution in [-0.4, -0.2) is 38.6 Å². The molecule has 4 aromatic rings. The number of hydrogen-bond donors (Lipinski definition) is 1. The molecule has 170 valence electrons. The Morgan fingerprint density at radius 1 is 1.00 bits per heavy atom. The summed E-state index contributed by atoms with van der Waals surface area (Å²) >= 11 is 7.56. The molecule has 1 aliphatic rings. The van der Waals surface area contributed by atoms with Gasteiger partial charge in [-0.15, -0.1) is 11.8 Å². The molecule has 0 radical (unpaired) electrons. The predicted octanol–water partition coefficient (Wildman–Crippen LogP) is 5.62. The second-order valence-corrected chi connectivity index (χ2v) is 9.38. The fourth-order valence-electron chi connectivity index (χ4n) is 4.14. The molecule has 0 bridgehead atoms. The van der Waals surface area contributed by atoms with E-state index in [0.29, 0.717) is 5.11 Å². The topological polar surface area (TPSA) is 53.4 Å². The minimum absolute atomic E-state index is 0.00152. The summed E-state index contributed by atoms with van der Waals surface area (Å²) in [6.45, 7) is 0.753. The van der Waals surface area contributed by atoms with Crippen LogP contribution in [0.1, 0.15) is 29.2 Å². The summed E-state index contributed by atoms with van der Waals surface area (Å²) in [6.07, 6.45) is 7.20. The Kier molecular flexibility index (Phi) is 6.83. The molecule has 2 heterocycles. The van der Waals surface area contributed by atoms with Crippen molar-refractivity contribution in [2.45, 2.75) is 23.8 Å². The minimum Gasteiger partial charge on any atom is -0.361 e. The van der Waals surface area contributed by atoms with Gasteiger partial charge in [-0.25, -0.2) is 5.01 Å². The molecule has 7 heteroatoms. The van der Waals surface area contributed by atoms with Gasteiger partial charge in [0, 0.05) is 30.3 Å². The molecule has 1 N–H and O–H groups in total. The zero-order chi connectivity index (χ0) is 23.3. The zero-order valence-corrected chi connectivity index (χ0v) is 20.5. The Bertz CT molecular complexity index is 1320. The van der Waals surface area contributed by atoms with Crippen LogP contribution in [0.4, 0.5) is 0 Å². The second-order valence-electron chi connectivity index (χ2n) is 8.11. The first kappa shape index (κ1) is 22.5. The first-order valence-electron chi connectivity index (χ1n) is 11.2. The highest BCUT2D eigenvalue weighted by Crippen LogP contribution is 2.34. The largest absolute Gasteiger partial charge is 0.361 e. The zero-order valence-electron chi connectivity index (χ0n) is 18.9. The lowest BCUT2D eigenvalue weighted by Gasteiger charge is -2.25. The maximum atomic E-state index is 5.82. The first-order valence-corrected chi connectivity index (χ1v) is 12.9. The summed E-state index contributed by atoms with van der Waals surface area (Å²) in [7, 11) is 0. The standard InChI is InChI=1S/C27H25N5S2/c1-34-22-10-7-20(8-11-22)24-18-26(21-9-12-23-25(17-21)29-16-15-28-23)32(31-24)27(33)30-14-13-19-5-3-2-4-6-19/h2-12,15-17,26H,13-14,18H2,1H3,(H,30,33). The Morgan fingerprint density at radius 3 is 2.53 bits per heavy atom. The van der Waals surface area contributed by atoms with E-state index in [1.807, 2.05) is 17.1 Å². The summed E-state index contributed by atoms with van der Waals surface area (Å²) in [5.74, 6) is 0. The van der Waals surface area contributed by atoms with Gasteiger partial charge in [-0.1, -0.05) is 48.5 Å². The molecule has 5 nitrogen and oxygen atoms in total. The van der Waals surface area contributed by atoms with Gasteiger partial charge in [0.25, 0.3) is 0 Å². The van der Waals surface area contributed by atoms with Crippen molar-refractivity contribution >= 4 is 45.8 Å². The van der Waals surface area contributed by atoms with Crippen molar-refractivity contribution in [3.63, 3.8) is 0 Å². The lowest BCUT2D eigenvalue weighted by atomic mass is 9.98. The molecule has 0 saturated carbocycles. The summed E-state index contributed by atoms with van der Waals surface area (Å²) < 4.78 is 0. The van der Waals surface area contributed by atoms with E-state index in [4.69, 9.17) is 17.3 Å². The molecule has 34 heavy (non-hydrogen) atoms. The number of aromatic nitrogens is 2. The van der Waals surface area contributed by atoms with Gasteiger partial charge in [-0.05, 0) is 65.9 Å². The van der Waals surface area contributed by atoms with E-state index in [-0.39, 0.29) is 6.04 Å². The molecule has 0 spiro atoms. The Morgan fingerprint density at radius 2 is 1.76 bits per heavy atom. The summed E-state index contributed by atoms with van der Waals surface area (Å²) in [5.41, 5.74) is 6.32. The smallest absolute Gasteiger partial charge is 0.190 e. The monoisotopic (exact) mass is 483 g/mol. The van der Waals surface area contributed by atoms with Gasteiger partial charge in [0.15, 0.2) is 5.11 Å². The number of hydrogen-bond acceptors (Lipinski definition) is 5. The van der Waals surface area contributed by atoms with Crippen molar-refractivity contribution in [1.29, 1.82) is 0 Å². The third kappa shape index (κ3) is 4.95. The number of nitrogens with one attached hydrogen (secondary N) is 1. The molecule has 1 atom stereocenters. The summed E-state index contributed by atoms with van der Waals surface area (Å²) in [4.78, 5) is 10.1. The number of fused-ring (bicyclic) bond motifs is 1. The van der Waals surface area contributed by atoms with Gasteiger partial charge >= 0.3 is 0 Å². The number of nitrogens with zero attached hydrogens (tertiary/aromatic N) is 4. The Balaban J connectivity index is 1.40. The van der Waals surface area contributed by atoms with E-state index >= 15 is 0 Å². The predicted molar refractivity (Wildman–Crippen MR) is 144 cm³/mol. The van der Waals surface area contributed by atoms with E-state index in [2.05, 4.69) is 82.2 Å². The van der Waals surface area contributed by atoms with Crippen LogP contribution in [0.2, 0.25) is 0 Å². The molecular formula is C27H25N5S2. The average Bonchev–Trinajstić information content (AvgIpc) is 3.35. The molecule has 1 unspecified atom stereocenters. The van der Waals surface area contributed by atoms with E-state index < -0.39 is 0 Å². The van der Waals surface area contributed by atoms with Crippen LogP contribution in [0.15, 0.2) is 95.2 Å². The molecule has 0 aliphatic carbocycles. The van der Waals surface area contributed by atoms with Crippen molar-refractivity contribution in [2.24, 2.45) is 5.10 Å². The molecule has 0 saturated heterocycles. The highest BCUT2D eigenvalue weighted by atomic mass is 32.2. The van der Waals surface area contributed by atoms with Gasteiger partial charge < -0.3 is 5.32 Å². The highest BCUT2D eigenvalue weighted by molar-refractivity contribution is 7.98. The van der Waals surface area contributed by atoms with Crippen LogP contribution in [0.25, 0.3) is 11.0 Å². The van der Waals surface area contributed by atoms with E-state index in [1.54, 1.807) is 24.2 Å². The molecule has 5 rings (SSSR count). The number of benzene rings is 3. The van der Waals surface area contributed by atoms with Crippen LogP contribution in [0.5, 0.6) is 0 Å². The van der Waals surface area contributed by atoms with E-state index in [0.717, 1.165) is 47.3 Å². The van der Waals surface area contributed by atoms with Gasteiger partial charge in [0.1, 0.15) is 0 Å². The first-order chi connectivity index (χ1) is 16.7. The minimum atomic E-state index is -0.00152. The van der Waals surface area contributed by atoms with Gasteiger partial charge in [0.05, 0.1) is 22.8 Å². The van der Waals surface area contributed by atoms with Crippen LogP contribution in [0, 0.1) is 0 Å². The normalized spacial score (nSPS) is 15.4. The molecular weight excluding hydrogens is 458 g/mol. The van der Waals surface area contributed by atoms with Crippen LogP contribution < -0.4 is 5.32 Å². The third-order valence-corrected chi connectivity index (χ3v) is 7.03. The van der Waals surface area contributed by atoms with Crippen LogP contribution in [0.3, 0.4) is 0 Å². The van der Waals surface area contributed by atoms with Gasteiger partial charge in [-0.3, -0.25) is 9.97 Å². The maximum absolute atomic E-state index is 5.82. The number of hydrazone groups is 1. The fourth-order valence-corrected chi connectivity index (χ4v) is 4.82.